The van der Waals surface area contributed by atoms with E-state index in [9.17, 15) is 4.79 Å². The molecule has 1 aliphatic heterocycles. The predicted molar refractivity (Wildman–Crippen MR) is 93.6 cm³/mol. The van der Waals surface area contributed by atoms with E-state index >= 15 is 0 Å². The van der Waals surface area contributed by atoms with Crippen molar-refractivity contribution in [3.63, 3.8) is 0 Å². The third-order valence-corrected chi connectivity index (χ3v) is 8.60. The van der Waals surface area contributed by atoms with E-state index < -0.39 is 0 Å². The van der Waals surface area contributed by atoms with Crippen LogP contribution in [0.4, 0.5) is 0 Å². The quantitative estimate of drug-likeness (QED) is 0.272. The molecule has 2 nitrogen and oxygen atoms in total. The molecule has 0 radical (unpaired) electrons. The van der Waals surface area contributed by atoms with E-state index in [4.69, 9.17) is 17.4 Å². The molecule has 6 unspecified atom stereocenters. The Labute approximate surface area is 140 Å². The van der Waals surface area contributed by atoms with Crippen molar-refractivity contribution in [2.75, 3.05) is 0 Å². The second-order valence-corrected chi connectivity index (χ2v) is 8.78. The highest BCUT2D eigenvalue weighted by atomic mass is 127. The van der Waals surface area contributed by atoms with Crippen LogP contribution >= 0.6 is 47.8 Å². The summed E-state index contributed by atoms with van der Waals surface area (Å²) in [5.41, 5.74) is 0. The van der Waals surface area contributed by atoms with Gasteiger partial charge < -0.3 is 4.74 Å². The van der Waals surface area contributed by atoms with Crippen molar-refractivity contribution in [1.29, 1.82) is 0 Å². The average molecular weight is 414 g/mol. The molecule has 1 saturated heterocycles. The van der Waals surface area contributed by atoms with Crippen molar-refractivity contribution >= 4 is 53.8 Å². The molecule has 2 saturated carbocycles. The number of carbonyl (C=O) groups excluding carboxylic acids is 1. The summed E-state index contributed by atoms with van der Waals surface area (Å²) in [5.74, 6) is 0.844. The van der Waals surface area contributed by atoms with E-state index in [1.165, 1.54) is 19.3 Å². The van der Waals surface area contributed by atoms with Crippen molar-refractivity contribution in [3.05, 3.63) is 0 Å². The van der Waals surface area contributed by atoms with Gasteiger partial charge in [-0.25, -0.2) is 0 Å². The zero-order valence-electron chi connectivity index (χ0n) is 11.5. The Kier molecular flexibility index (Phi) is 5.43. The standard InChI is InChI=1S/C12H17IO2S2.C2H6/c13-12-5-7-8(15-11(14)10(7)17)4-6(12)2-1-3-9(12)16;1-2/h6-10,16-17H,1-5H2;1-2H3. The van der Waals surface area contributed by atoms with Crippen LogP contribution in [0, 0.1) is 11.8 Å². The van der Waals surface area contributed by atoms with Crippen molar-refractivity contribution in [3.8, 4) is 0 Å². The summed E-state index contributed by atoms with van der Waals surface area (Å²) in [7, 11) is 0. The lowest BCUT2D eigenvalue weighted by molar-refractivity contribution is -0.142. The summed E-state index contributed by atoms with van der Waals surface area (Å²) in [5, 5.41) is 0.245. The maximum Gasteiger partial charge on any atom is 0.319 e. The maximum atomic E-state index is 11.6. The lowest BCUT2D eigenvalue weighted by atomic mass is 9.66. The minimum Gasteiger partial charge on any atom is -0.461 e. The second kappa shape index (κ2) is 6.34. The summed E-state index contributed by atoms with van der Waals surface area (Å²) < 4.78 is 5.71. The topological polar surface area (TPSA) is 26.3 Å². The van der Waals surface area contributed by atoms with Gasteiger partial charge in [0.25, 0.3) is 0 Å². The van der Waals surface area contributed by atoms with Gasteiger partial charge in [-0.05, 0) is 31.6 Å². The lowest BCUT2D eigenvalue weighted by Crippen LogP contribution is -2.52. The number of ether oxygens (including phenoxy) is 1. The lowest BCUT2D eigenvalue weighted by Gasteiger charge is -2.50. The van der Waals surface area contributed by atoms with Gasteiger partial charge in [0, 0.05) is 14.6 Å². The molecule has 2 aliphatic carbocycles. The number of halogens is 1. The minimum absolute atomic E-state index is 0.113. The van der Waals surface area contributed by atoms with Gasteiger partial charge in [-0.1, -0.05) is 42.9 Å². The molecule has 3 rings (SSSR count). The number of rotatable bonds is 0. The van der Waals surface area contributed by atoms with E-state index in [-0.39, 0.29) is 20.7 Å². The zero-order valence-corrected chi connectivity index (χ0v) is 15.5. The first kappa shape index (κ1) is 16.3. The van der Waals surface area contributed by atoms with Crippen LogP contribution in [0.5, 0.6) is 0 Å². The van der Waals surface area contributed by atoms with Crippen LogP contribution < -0.4 is 0 Å². The average Bonchev–Trinajstić information content (AvgIpc) is 2.67. The van der Waals surface area contributed by atoms with Crippen molar-refractivity contribution < 1.29 is 9.53 Å². The van der Waals surface area contributed by atoms with Gasteiger partial charge in [0.1, 0.15) is 11.4 Å². The molecular formula is C14H23IO2S2. The first-order valence-electron chi connectivity index (χ1n) is 7.28. The Morgan fingerprint density at radius 2 is 2.00 bits per heavy atom. The molecule has 5 heteroatoms. The highest BCUT2D eigenvalue weighted by Crippen LogP contribution is 2.56. The van der Waals surface area contributed by atoms with E-state index in [1.54, 1.807) is 0 Å². The molecule has 0 amide bonds. The molecule has 3 aliphatic rings. The van der Waals surface area contributed by atoms with Crippen molar-refractivity contribution in [2.24, 2.45) is 11.8 Å². The van der Waals surface area contributed by atoms with Gasteiger partial charge in [-0.3, -0.25) is 4.79 Å². The van der Waals surface area contributed by atoms with Gasteiger partial charge in [0.15, 0.2) is 0 Å². The predicted octanol–water partition coefficient (Wildman–Crippen LogP) is 3.92. The van der Waals surface area contributed by atoms with Crippen LogP contribution in [0.25, 0.3) is 0 Å². The fraction of sp³-hybridized carbons (Fsp3) is 0.929. The molecule has 6 atom stereocenters. The SMILES string of the molecule is CC.O=C1OC2CC3CCCC(S)C3(I)CC2C1S. The van der Waals surface area contributed by atoms with Crippen LogP contribution in [0.3, 0.4) is 0 Å². The van der Waals surface area contributed by atoms with Crippen LogP contribution in [-0.2, 0) is 9.53 Å². The smallest absolute Gasteiger partial charge is 0.319 e. The first-order valence-corrected chi connectivity index (χ1v) is 9.39. The molecule has 19 heavy (non-hydrogen) atoms. The molecule has 0 aromatic heterocycles. The van der Waals surface area contributed by atoms with E-state index in [0.717, 1.165) is 12.8 Å². The number of alkyl halides is 1. The molecule has 1 heterocycles. The molecular weight excluding hydrogens is 391 g/mol. The Morgan fingerprint density at radius 1 is 1.32 bits per heavy atom. The van der Waals surface area contributed by atoms with E-state index in [0.29, 0.717) is 17.1 Å². The second-order valence-electron chi connectivity index (χ2n) is 5.59. The molecule has 0 bridgehead atoms. The summed E-state index contributed by atoms with van der Waals surface area (Å²) in [6, 6.07) is 0. The fourth-order valence-corrected chi connectivity index (χ4v) is 5.96. The Morgan fingerprint density at radius 3 is 2.68 bits per heavy atom. The summed E-state index contributed by atoms with van der Waals surface area (Å²) >= 11 is 11.8. The largest absolute Gasteiger partial charge is 0.461 e. The number of esters is 1. The summed E-state index contributed by atoms with van der Waals surface area (Å²) in [6.45, 7) is 4.00. The molecule has 110 valence electrons. The molecule has 0 aromatic carbocycles. The third-order valence-electron chi connectivity index (χ3n) is 4.72. The van der Waals surface area contributed by atoms with Crippen LogP contribution in [0.2, 0.25) is 0 Å². The number of fused-ring (bicyclic) bond motifs is 2. The number of hydrogen-bond donors (Lipinski definition) is 2. The van der Waals surface area contributed by atoms with Crippen LogP contribution in [-0.4, -0.2) is 26.0 Å². The first-order chi connectivity index (χ1) is 9.02. The van der Waals surface area contributed by atoms with Gasteiger partial charge >= 0.3 is 5.97 Å². The normalized spacial score (nSPS) is 48.5. The van der Waals surface area contributed by atoms with Crippen LogP contribution in [0.15, 0.2) is 0 Å². The Balaban J connectivity index is 0.000000637. The van der Waals surface area contributed by atoms with Crippen molar-refractivity contribution in [1.82, 2.24) is 0 Å². The zero-order chi connectivity index (χ0) is 14.2. The molecule has 3 fully saturated rings. The fourth-order valence-electron chi connectivity index (χ4n) is 3.72. The molecule has 0 spiro atoms. The van der Waals surface area contributed by atoms with Gasteiger partial charge in [0.05, 0.1) is 0 Å². The number of hydrogen-bond acceptors (Lipinski definition) is 4. The summed E-state index contributed by atoms with van der Waals surface area (Å²) in [4.78, 5) is 11.6. The van der Waals surface area contributed by atoms with Crippen LogP contribution in [0.1, 0.15) is 46.0 Å². The van der Waals surface area contributed by atoms with E-state index in [2.05, 4.69) is 35.2 Å². The number of carbonyl (C=O) groups is 1. The monoisotopic (exact) mass is 414 g/mol. The number of thiol groups is 2. The Bertz CT molecular complexity index is 352. The third kappa shape index (κ3) is 2.80. The van der Waals surface area contributed by atoms with Gasteiger partial charge in [-0.15, -0.1) is 0 Å². The van der Waals surface area contributed by atoms with E-state index in [1.807, 2.05) is 13.8 Å². The highest BCUT2D eigenvalue weighted by Gasteiger charge is 2.56. The van der Waals surface area contributed by atoms with Crippen molar-refractivity contribution in [2.45, 2.75) is 66.0 Å². The van der Waals surface area contributed by atoms with Gasteiger partial charge in [0.2, 0.25) is 0 Å². The highest BCUT2D eigenvalue weighted by molar-refractivity contribution is 14.1. The molecule has 0 N–H and O–H groups in total. The summed E-state index contributed by atoms with van der Waals surface area (Å²) in [6.07, 6.45) is 5.91. The minimum atomic E-state index is -0.213. The molecule has 0 aromatic rings. The maximum absolute atomic E-state index is 11.6. The van der Waals surface area contributed by atoms with Gasteiger partial charge in [-0.2, -0.15) is 25.3 Å². The Hall–Kier alpha value is 0.900.